The maximum Gasteiger partial charge on any atom is 0.129 e. The number of halogens is 2. The molecule has 2 rings (SSSR count). The molecule has 19 heavy (non-hydrogen) atoms. The second-order valence-electron chi connectivity index (χ2n) is 4.20. The van der Waals surface area contributed by atoms with Crippen LogP contribution in [-0.4, -0.2) is 7.05 Å². The minimum Gasteiger partial charge on any atom is -0.489 e. The smallest absolute Gasteiger partial charge is 0.129 e. The Kier molecular flexibility index (Phi) is 4.93. The zero-order valence-electron chi connectivity index (χ0n) is 10.6. The lowest BCUT2D eigenvalue weighted by Crippen LogP contribution is -2.07. The van der Waals surface area contributed by atoms with Crippen LogP contribution < -0.4 is 10.1 Å². The van der Waals surface area contributed by atoms with Gasteiger partial charge in [-0.2, -0.15) is 0 Å². The van der Waals surface area contributed by atoms with E-state index in [1.54, 1.807) is 6.07 Å². The Balaban J connectivity index is 2.08. The molecule has 0 bridgehead atoms. The fraction of sp³-hybridized carbons (Fsp3) is 0.200. The topological polar surface area (TPSA) is 21.3 Å². The van der Waals surface area contributed by atoms with Gasteiger partial charge in [0.2, 0.25) is 0 Å². The highest BCUT2D eigenvalue weighted by molar-refractivity contribution is 9.10. The molecule has 0 spiro atoms. The Labute approximate surface area is 120 Å². The lowest BCUT2D eigenvalue weighted by molar-refractivity contribution is 0.299. The van der Waals surface area contributed by atoms with Crippen LogP contribution in [0.25, 0.3) is 0 Å². The van der Waals surface area contributed by atoms with E-state index in [2.05, 4.69) is 21.2 Å². The van der Waals surface area contributed by atoms with Crippen molar-refractivity contribution in [2.24, 2.45) is 0 Å². The third-order valence-electron chi connectivity index (χ3n) is 2.68. The van der Waals surface area contributed by atoms with E-state index in [0.717, 1.165) is 10.0 Å². The van der Waals surface area contributed by atoms with Crippen LogP contribution in [0.1, 0.15) is 11.1 Å². The van der Waals surface area contributed by atoms with Crippen molar-refractivity contribution in [2.75, 3.05) is 7.05 Å². The summed E-state index contributed by atoms with van der Waals surface area (Å²) in [6.07, 6.45) is 0. The molecule has 0 fully saturated rings. The lowest BCUT2D eigenvalue weighted by Gasteiger charge is -2.09. The molecule has 0 atom stereocenters. The first-order valence-corrected chi connectivity index (χ1v) is 6.78. The number of benzene rings is 2. The van der Waals surface area contributed by atoms with E-state index < -0.39 is 0 Å². The van der Waals surface area contributed by atoms with Gasteiger partial charge in [0.15, 0.2) is 0 Å². The summed E-state index contributed by atoms with van der Waals surface area (Å²) in [7, 11) is 1.86. The van der Waals surface area contributed by atoms with Gasteiger partial charge in [-0.15, -0.1) is 0 Å². The molecule has 0 aliphatic carbocycles. The minimum atomic E-state index is -0.241. The number of nitrogens with one attached hydrogen (secondary N) is 1. The minimum absolute atomic E-state index is 0.222. The van der Waals surface area contributed by atoms with Crippen molar-refractivity contribution in [2.45, 2.75) is 13.2 Å². The van der Waals surface area contributed by atoms with Crippen molar-refractivity contribution in [3.8, 4) is 5.75 Å². The Hall–Kier alpha value is -1.39. The van der Waals surface area contributed by atoms with E-state index in [1.807, 2.05) is 37.4 Å². The highest BCUT2D eigenvalue weighted by Crippen LogP contribution is 2.20. The molecule has 100 valence electrons. The Morgan fingerprint density at radius 1 is 1.21 bits per heavy atom. The van der Waals surface area contributed by atoms with E-state index in [-0.39, 0.29) is 12.4 Å². The van der Waals surface area contributed by atoms with Crippen molar-refractivity contribution in [3.05, 3.63) is 63.9 Å². The molecule has 0 aliphatic heterocycles. The van der Waals surface area contributed by atoms with Gasteiger partial charge in [-0.25, -0.2) is 4.39 Å². The molecular weight excluding hydrogens is 309 g/mol. The molecule has 2 nitrogen and oxygen atoms in total. The van der Waals surface area contributed by atoms with E-state index in [0.29, 0.717) is 17.9 Å². The molecule has 0 aliphatic rings. The highest BCUT2D eigenvalue weighted by Gasteiger charge is 2.05. The van der Waals surface area contributed by atoms with Crippen LogP contribution in [-0.2, 0) is 13.2 Å². The Bertz CT molecular complexity index is 560. The largest absolute Gasteiger partial charge is 0.489 e. The normalized spacial score (nSPS) is 10.5. The molecule has 4 heteroatoms. The maximum absolute atomic E-state index is 13.7. The molecule has 2 aromatic rings. The summed E-state index contributed by atoms with van der Waals surface area (Å²) in [4.78, 5) is 0. The van der Waals surface area contributed by atoms with E-state index in [4.69, 9.17) is 4.74 Å². The van der Waals surface area contributed by atoms with Gasteiger partial charge in [-0.1, -0.05) is 28.1 Å². The van der Waals surface area contributed by atoms with Crippen molar-refractivity contribution in [3.63, 3.8) is 0 Å². The summed E-state index contributed by atoms with van der Waals surface area (Å²) < 4.78 is 20.2. The van der Waals surface area contributed by atoms with Crippen molar-refractivity contribution >= 4 is 15.9 Å². The average molecular weight is 324 g/mol. The molecule has 0 heterocycles. The molecular formula is C15H15BrFNO. The predicted molar refractivity (Wildman–Crippen MR) is 77.6 cm³/mol. The van der Waals surface area contributed by atoms with E-state index in [9.17, 15) is 4.39 Å². The first-order valence-electron chi connectivity index (χ1n) is 5.99. The van der Waals surface area contributed by atoms with Crippen LogP contribution in [0.4, 0.5) is 4.39 Å². The quantitative estimate of drug-likeness (QED) is 0.901. The van der Waals surface area contributed by atoms with Gasteiger partial charge in [0.25, 0.3) is 0 Å². The molecule has 0 amide bonds. The fourth-order valence-corrected chi connectivity index (χ4v) is 2.15. The molecule has 0 saturated carbocycles. The standard InChI is InChI=1S/C15H15BrFNO/c1-18-9-11-5-6-15(17)12(7-11)10-19-14-4-2-3-13(16)8-14/h2-8,18H,9-10H2,1H3. The van der Waals surface area contributed by atoms with Crippen LogP contribution in [0.15, 0.2) is 46.9 Å². The van der Waals surface area contributed by atoms with Crippen LogP contribution in [0.3, 0.4) is 0 Å². The van der Waals surface area contributed by atoms with Crippen molar-refractivity contribution in [1.29, 1.82) is 0 Å². The van der Waals surface area contributed by atoms with Crippen LogP contribution >= 0.6 is 15.9 Å². The number of hydrogen-bond acceptors (Lipinski definition) is 2. The van der Waals surface area contributed by atoms with E-state index in [1.165, 1.54) is 6.07 Å². The number of hydrogen-bond donors (Lipinski definition) is 1. The van der Waals surface area contributed by atoms with Gasteiger partial charge in [-0.3, -0.25) is 0 Å². The summed E-state index contributed by atoms with van der Waals surface area (Å²) in [5.74, 6) is 0.475. The first kappa shape index (κ1) is 14.0. The summed E-state index contributed by atoms with van der Waals surface area (Å²) in [6.45, 7) is 0.935. The van der Waals surface area contributed by atoms with Crippen LogP contribution in [0, 0.1) is 5.82 Å². The second-order valence-corrected chi connectivity index (χ2v) is 5.12. The van der Waals surface area contributed by atoms with Gasteiger partial charge < -0.3 is 10.1 Å². The van der Waals surface area contributed by atoms with Gasteiger partial charge in [0, 0.05) is 16.6 Å². The molecule has 0 unspecified atom stereocenters. The third kappa shape index (κ3) is 4.04. The van der Waals surface area contributed by atoms with Crippen LogP contribution in [0.5, 0.6) is 5.75 Å². The third-order valence-corrected chi connectivity index (χ3v) is 3.17. The number of rotatable bonds is 5. The van der Waals surface area contributed by atoms with Gasteiger partial charge in [0.05, 0.1) is 0 Å². The Morgan fingerprint density at radius 2 is 2.05 bits per heavy atom. The highest BCUT2D eigenvalue weighted by atomic mass is 79.9. The fourth-order valence-electron chi connectivity index (χ4n) is 1.77. The zero-order chi connectivity index (χ0) is 13.7. The SMILES string of the molecule is CNCc1ccc(F)c(COc2cccc(Br)c2)c1. The van der Waals surface area contributed by atoms with Gasteiger partial charge in [-0.05, 0) is 42.9 Å². The van der Waals surface area contributed by atoms with Crippen molar-refractivity contribution in [1.82, 2.24) is 5.32 Å². The molecule has 0 aromatic heterocycles. The number of ether oxygens (including phenoxy) is 1. The molecule has 1 N–H and O–H groups in total. The maximum atomic E-state index is 13.7. The molecule has 2 aromatic carbocycles. The monoisotopic (exact) mass is 323 g/mol. The Morgan fingerprint density at radius 3 is 2.79 bits per heavy atom. The molecule has 0 saturated heterocycles. The second kappa shape index (κ2) is 6.68. The van der Waals surface area contributed by atoms with Crippen LogP contribution in [0.2, 0.25) is 0 Å². The predicted octanol–water partition coefficient (Wildman–Crippen LogP) is 3.89. The molecule has 0 radical (unpaired) electrons. The van der Waals surface area contributed by atoms with Crippen molar-refractivity contribution < 1.29 is 9.13 Å². The summed E-state index contributed by atoms with van der Waals surface area (Å²) >= 11 is 3.37. The van der Waals surface area contributed by atoms with Gasteiger partial charge in [0.1, 0.15) is 18.2 Å². The summed E-state index contributed by atoms with van der Waals surface area (Å²) in [5.41, 5.74) is 1.60. The average Bonchev–Trinajstić information content (AvgIpc) is 2.40. The summed E-state index contributed by atoms with van der Waals surface area (Å²) in [5, 5.41) is 3.04. The van der Waals surface area contributed by atoms with E-state index >= 15 is 0 Å². The van der Waals surface area contributed by atoms with Gasteiger partial charge >= 0.3 is 0 Å². The summed E-state index contributed by atoms with van der Waals surface area (Å²) in [6, 6.07) is 12.6. The lowest BCUT2D eigenvalue weighted by atomic mass is 10.1. The first-order chi connectivity index (χ1) is 9.19. The zero-order valence-corrected chi connectivity index (χ0v) is 12.2.